The van der Waals surface area contributed by atoms with Crippen LogP contribution in [-0.4, -0.2) is 37.2 Å². The Labute approximate surface area is 116 Å². The van der Waals surface area contributed by atoms with Crippen LogP contribution in [0.2, 0.25) is 0 Å². The maximum absolute atomic E-state index is 5.65. The summed E-state index contributed by atoms with van der Waals surface area (Å²) in [5.74, 6) is 0. The molecular weight excluding hydrogens is 220 g/mol. The van der Waals surface area contributed by atoms with E-state index in [0.29, 0.717) is 0 Å². The van der Waals surface area contributed by atoms with Crippen LogP contribution in [0.15, 0.2) is 0 Å². The van der Waals surface area contributed by atoms with Crippen molar-refractivity contribution in [3.63, 3.8) is 0 Å². The summed E-state index contributed by atoms with van der Waals surface area (Å²) in [6.07, 6.45) is 10.7. The van der Waals surface area contributed by atoms with Crippen LogP contribution in [0, 0.1) is 0 Å². The molecule has 0 aliphatic heterocycles. The Kier molecular flexibility index (Phi) is 11.9. The molecule has 2 nitrogen and oxygen atoms in total. The van der Waals surface area contributed by atoms with Crippen LogP contribution < -0.4 is 5.73 Å². The highest BCUT2D eigenvalue weighted by Crippen LogP contribution is 2.16. The van der Waals surface area contributed by atoms with Crippen molar-refractivity contribution in [2.75, 3.05) is 32.7 Å². The molecular formula is C16H37N2+. The summed E-state index contributed by atoms with van der Waals surface area (Å²) in [7, 11) is 0. The molecule has 0 aliphatic carbocycles. The van der Waals surface area contributed by atoms with E-state index in [1.165, 1.54) is 82.0 Å². The minimum atomic E-state index is 0.856. The zero-order chi connectivity index (χ0) is 13.7. The van der Waals surface area contributed by atoms with Crippen LogP contribution in [0.5, 0.6) is 0 Å². The van der Waals surface area contributed by atoms with Gasteiger partial charge in [0.2, 0.25) is 0 Å². The van der Waals surface area contributed by atoms with Crippen molar-refractivity contribution in [1.82, 2.24) is 0 Å². The predicted octanol–water partition coefficient (Wildman–Crippen LogP) is 3.94. The van der Waals surface area contributed by atoms with Gasteiger partial charge < -0.3 is 10.2 Å². The highest BCUT2D eigenvalue weighted by Gasteiger charge is 2.24. The van der Waals surface area contributed by atoms with E-state index in [-0.39, 0.29) is 0 Å². The lowest BCUT2D eigenvalue weighted by molar-refractivity contribution is -0.929. The van der Waals surface area contributed by atoms with E-state index in [4.69, 9.17) is 5.73 Å². The van der Waals surface area contributed by atoms with Crippen molar-refractivity contribution in [2.24, 2.45) is 5.73 Å². The summed E-state index contributed by atoms with van der Waals surface area (Å²) in [5, 5.41) is 0. The van der Waals surface area contributed by atoms with Gasteiger partial charge in [0.1, 0.15) is 0 Å². The lowest BCUT2D eigenvalue weighted by Gasteiger charge is -2.39. The molecule has 0 aromatic carbocycles. The predicted molar refractivity (Wildman–Crippen MR) is 82.7 cm³/mol. The molecule has 0 spiro atoms. The molecule has 0 atom stereocenters. The summed E-state index contributed by atoms with van der Waals surface area (Å²) in [6, 6.07) is 0. The summed E-state index contributed by atoms with van der Waals surface area (Å²) < 4.78 is 1.37. The number of nitrogens with two attached hydrogens (primary N) is 1. The molecule has 0 bridgehead atoms. The van der Waals surface area contributed by atoms with Crippen molar-refractivity contribution in [3.8, 4) is 0 Å². The van der Waals surface area contributed by atoms with Crippen molar-refractivity contribution in [2.45, 2.75) is 72.1 Å². The topological polar surface area (TPSA) is 26.0 Å². The van der Waals surface area contributed by atoms with Crippen LogP contribution in [0.25, 0.3) is 0 Å². The monoisotopic (exact) mass is 257 g/mol. The largest absolute Gasteiger partial charge is 0.330 e. The first-order chi connectivity index (χ1) is 8.74. The molecule has 0 saturated carbocycles. The number of hydrogen-bond acceptors (Lipinski definition) is 1. The maximum Gasteiger partial charge on any atom is 0.0787 e. The first-order valence-corrected chi connectivity index (χ1v) is 8.29. The number of rotatable bonds is 13. The van der Waals surface area contributed by atoms with E-state index >= 15 is 0 Å². The van der Waals surface area contributed by atoms with Gasteiger partial charge in [-0.2, -0.15) is 0 Å². The standard InChI is InChI=1S/C16H37N2/c1-4-7-13-18(14-8-5-2,15-9-6-3)16-11-10-12-17/h4-17H2,1-3H3/q+1. The van der Waals surface area contributed by atoms with E-state index in [9.17, 15) is 0 Å². The molecule has 110 valence electrons. The number of hydrogen-bond donors (Lipinski definition) is 1. The van der Waals surface area contributed by atoms with Crippen LogP contribution in [-0.2, 0) is 0 Å². The van der Waals surface area contributed by atoms with E-state index < -0.39 is 0 Å². The number of quaternary nitrogens is 1. The second kappa shape index (κ2) is 12.0. The SMILES string of the molecule is CCCC[N+](CCCC)(CCCC)CCCCN. The Morgan fingerprint density at radius 1 is 0.611 bits per heavy atom. The van der Waals surface area contributed by atoms with Crippen molar-refractivity contribution < 1.29 is 4.48 Å². The average molecular weight is 257 g/mol. The molecule has 0 aromatic rings. The van der Waals surface area contributed by atoms with E-state index in [2.05, 4.69) is 20.8 Å². The zero-order valence-corrected chi connectivity index (χ0v) is 13.2. The van der Waals surface area contributed by atoms with Gasteiger partial charge in [0.15, 0.2) is 0 Å². The van der Waals surface area contributed by atoms with Gasteiger partial charge in [-0.25, -0.2) is 0 Å². The van der Waals surface area contributed by atoms with Gasteiger partial charge in [0.25, 0.3) is 0 Å². The van der Waals surface area contributed by atoms with E-state index in [1.807, 2.05) is 0 Å². The normalized spacial score (nSPS) is 12.0. The van der Waals surface area contributed by atoms with Gasteiger partial charge in [-0.3, -0.25) is 0 Å². The highest BCUT2D eigenvalue weighted by molar-refractivity contribution is 4.50. The van der Waals surface area contributed by atoms with Crippen molar-refractivity contribution in [1.29, 1.82) is 0 Å². The highest BCUT2D eigenvalue weighted by atomic mass is 15.3. The lowest BCUT2D eigenvalue weighted by atomic mass is 10.1. The maximum atomic E-state index is 5.65. The van der Waals surface area contributed by atoms with Gasteiger partial charge in [-0.05, 0) is 38.6 Å². The fourth-order valence-corrected chi connectivity index (χ4v) is 2.74. The van der Waals surface area contributed by atoms with Crippen LogP contribution >= 0.6 is 0 Å². The van der Waals surface area contributed by atoms with Crippen LogP contribution in [0.3, 0.4) is 0 Å². The molecule has 0 amide bonds. The fraction of sp³-hybridized carbons (Fsp3) is 1.00. The fourth-order valence-electron chi connectivity index (χ4n) is 2.74. The van der Waals surface area contributed by atoms with Crippen molar-refractivity contribution >= 4 is 0 Å². The molecule has 0 radical (unpaired) electrons. The third kappa shape index (κ3) is 8.10. The van der Waals surface area contributed by atoms with Gasteiger partial charge in [0.05, 0.1) is 26.2 Å². The second-order valence-electron chi connectivity index (χ2n) is 5.79. The van der Waals surface area contributed by atoms with Gasteiger partial charge in [-0.1, -0.05) is 40.0 Å². The quantitative estimate of drug-likeness (QED) is 0.392. The minimum absolute atomic E-state index is 0.856. The molecule has 18 heavy (non-hydrogen) atoms. The average Bonchev–Trinajstić information content (AvgIpc) is 2.40. The lowest BCUT2D eigenvalue weighted by Crippen LogP contribution is -2.50. The van der Waals surface area contributed by atoms with E-state index in [0.717, 1.165) is 6.54 Å². The number of unbranched alkanes of at least 4 members (excludes halogenated alkanes) is 4. The second-order valence-corrected chi connectivity index (χ2v) is 5.79. The summed E-state index contributed by atoms with van der Waals surface area (Å²) in [6.45, 7) is 13.3. The molecule has 0 heterocycles. The summed E-state index contributed by atoms with van der Waals surface area (Å²) in [4.78, 5) is 0. The Morgan fingerprint density at radius 2 is 1.00 bits per heavy atom. The van der Waals surface area contributed by atoms with E-state index in [1.54, 1.807) is 0 Å². The molecule has 0 fully saturated rings. The van der Waals surface area contributed by atoms with Gasteiger partial charge >= 0.3 is 0 Å². The Bertz CT molecular complexity index is 147. The van der Waals surface area contributed by atoms with Gasteiger partial charge in [-0.15, -0.1) is 0 Å². The number of nitrogens with zero attached hydrogens (tertiary/aromatic N) is 1. The minimum Gasteiger partial charge on any atom is -0.330 e. The summed E-state index contributed by atoms with van der Waals surface area (Å²) in [5.41, 5.74) is 5.65. The molecule has 0 aliphatic rings. The van der Waals surface area contributed by atoms with Crippen LogP contribution in [0.1, 0.15) is 72.1 Å². The zero-order valence-electron chi connectivity index (χ0n) is 13.2. The summed E-state index contributed by atoms with van der Waals surface area (Å²) >= 11 is 0. The Balaban J connectivity index is 4.41. The molecule has 0 rings (SSSR count). The smallest absolute Gasteiger partial charge is 0.0787 e. The Morgan fingerprint density at radius 3 is 1.33 bits per heavy atom. The molecule has 0 saturated heterocycles. The Hall–Kier alpha value is -0.0800. The molecule has 2 N–H and O–H groups in total. The van der Waals surface area contributed by atoms with Crippen LogP contribution in [0.4, 0.5) is 0 Å². The first kappa shape index (κ1) is 17.9. The third-order valence-electron chi connectivity index (χ3n) is 4.04. The molecule has 0 unspecified atom stereocenters. The molecule has 0 aromatic heterocycles. The van der Waals surface area contributed by atoms with Gasteiger partial charge in [0, 0.05) is 0 Å². The molecule has 2 heteroatoms. The van der Waals surface area contributed by atoms with Crippen molar-refractivity contribution in [3.05, 3.63) is 0 Å². The third-order valence-corrected chi connectivity index (χ3v) is 4.04. The first-order valence-electron chi connectivity index (χ1n) is 8.29.